The topological polar surface area (TPSA) is 51.2 Å². The van der Waals surface area contributed by atoms with Crippen molar-refractivity contribution in [1.29, 1.82) is 0 Å². The van der Waals surface area contributed by atoms with E-state index in [0.29, 0.717) is 6.54 Å². The number of hydrogen-bond acceptors (Lipinski definition) is 5. The fourth-order valence-corrected chi connectivity index (χ4v) is 2.38. The summed E-state index contributed by atoms with van der Waals surface area (Å²) in [5.74, 6) is 1.70. The van der Waals surface area contributed by atoms with Crippen LogP contribution in [0.2, 0.25) is 0 Å². The molecule has 23 heavy (non-hydrogen) atoms. The molecule has 0 saturated heterocycles. The lowest BCUT2D eigenvalue weighted by atomic mass is 10.1. The van der Waals surface area contributed by atoms with Gasteiger partial charge < -0.3 is 19.3 Å². The summed E-state index contributed by atoms with van der Waals surface area (Å²) in [6.07, 6.45) is 0.604. The van der Waals surface area contributed by atoms with Crippen LogP contribution in [0.3, 0.4) is 0 Å². The zero-order valence-electron chi connectivity index (χ0n) is 15.0. The Bertz CT molecular complexity index is 451. The second-order valence-electron chi connectivity index (χ2n) is 6.08. The van der Waals surface area contributed by atoms with Gasteiger partial charge in [-0.25, -0.2) is 0 Å². The molecule has 0 aromatic heterocycles. The van der Waals surface area contributed by atoms with Gasteiger partial charge in [-0.2, -0.15) is 0 Å². The molecule has 0 aliphatic heterocycles. The Hall–Kier alpha value is -1.30. The largest absolute Gasteiger partial charge is 0.493 e. The molecule has 0 spiro atoms. The Morgan fingerprint density at radius 3 is 2.35 bits per heavy atom. The summed E-state index contributed by atoms with van der Waals surface area (Å²) >= 11 is 0. The summed E-state index contributed by atoms with van der Waals surface area (Å²) in [6.45, 7) is 7.08. The zero-order valence-corrected chi connectivity index (χ0v) is 15.0. The smallest absolute Gasteiger partial charge is 0.161 e. The van der Waals surface area contributed by atoms with Gasteiger partial charge in [0.15, 0.2) is 11.5 Å². The van der Waals surface area contributed by atoms with Crippen LogP contribution in [0.4, 0.5) is 0 Å². The second-order valence-corrected chi connectivity index (χ2v) is 6.08. The molecule has 1 N–H and O–H groups in total. The number of aliphatic hydroxyl groups excluding tert-OH is 1. The second kappa shape index (κ2) is 10.5. The molecule has 0 aliphatic rings. The van der Waals surface area contributed by atoms with Crippen LogP contribution in [0.1, 0.15) is 25.8 Å². The third-order valence-corrected chi connectivity index (χ3v) is 3.89. The summed E-state index contributed by atoms with van der Waals surface area (Å²) in [7, 11) is 4.98. The predicted octanol–water partition coefficient (Wildman–Crippen LogP) is 2.56. The van der Waals surface area contributed by atoms with Gasteiger partial charge in [0.25, 0.3) is 0 Å². The van der Waals surface area contributed by atoms with Crippen LogP contribution in [0, 0.1) is 5.92 Å². The number of nitrogens with zero attached hydrogens (tertiary/aromatic N) is 1. The highest BCUT2D eigenvalue weighted by molar-refractivity contribution is 5.42. The Morgan fingerprint density at radius 2 is 1.78 bits per heavy atom. The number of ether oxygens (including phenoxy) is 3. The first kappa shape index (κ1) is 19.7. The fourth-order valence-electron chi connectivity index (χ4n) is 2.38. The summed E-state index contributed by atoms with van der Waals surface area (Å²) in [6, 6.07) is 5.94. The Balaban J connectivity index is 2.77. The normalized spacial score (nSPS) is 12.7. The zero-order chi connectivity index (χ0) is 17.2. The van der Waals surface area contributed by atoms with Gasteiger partial charge >= 0.3 is 0 Å². The summed E-state index contributed by atoms with van der Waals surface area (Å²) in [5, 5.41) is 10.2. The van der Waals surface area contributed by atoms with E-state index in [1.54, 1.807) is 21.3 Å². The quantitative estimate of drug-likeness (QED) is 0.634. The van der Waals surface area contributed by atoms with Gasteiger partial charge in [0.1, 0.15) is 0 Å². The van der Waals surface area contributed by atoms with Crippen molar-refractivity contribution < 1.29 is 19.3 Å². The van der Waals surface area contributed by atoms with E-state index < -0.39 is 0 Å². The van der Waals surface area contributed by atoms with E-state index in [2.05, 4.69) is 4.90 Å². The molecule has 1 atom stereocenters. The molecule has 0 radical (unpaired) electrons. The average molecular weight is 325 g/mol. The number of methoxy groups -OCH3 is 3. The molecule has 1 aromatic carbocycles. The van der Waals surface area contributed by atoms with Crippen LogP contribution in [-0.4, -0.2) is 57.1 Å². The minimum absolute atomic E-state index is 0.241. The SMILES string of the molecule is COCCCN(Cc1ccc(OC)c(OC)c1)C[C@H](O)C(C)C. The standard InChI is InChI=1S/C18H31NO4/c1-14(2)16(20)13-19(9-6-10-21-3)12-15-7-8-17(22-4)18(11-15)23-5/h7-8,11,14,16,20H,6,9-10,12-13H2,1-5H3/t16-/m0/s1. The lowest BCUT2D eigenvalue weighted by molar-refractivity contribution is 0.0683. The van der Waals surface area contributed by atoms with E-state index >= 15 is 0 Å². The summed E-state index contributed by atoms with van der Waals surface area (Å²) in [4.78, 5) is 2.25. The molecule has 1 aromatic rings. The molecule has 0 bridgehead atoms. The lowest BCUT2D eigenvalue weighted by Crippen LogP contribution is -2.35. The maximum absolute atomic E-state index is 10.2. The highest BCUT2D eigenvalue weighted by Crippen LogP contribution is 2.28. The molecule has 0 heterocycles. The Morgan fingerprint density at radius 1 is 1.09 bits per heavy atom. The highest BCUT2D eigenvalue weighted by Gasteiger charge is 2.16. The van der Waals surface area contributed by atoms with Crippen molar-refractivity contribution in [2.24, 2.45) is 5.92 Å². The lowest BCUT2D eigenvalue weighted by Gasteiger charge is -2.27. The summed E-state index contributed by atoms with van der Waals surface area (Å²) < 4.78 is 15.8. The number of hydrogen-bond donors (Lipinski definition) is 1. The van der Waals surface area contributed by atoms with Gasteiger partial charge in [0.05, 0.1) is 20.3 Å². The van der Waals surface area contributed by atoms with Gasteiger partial charge in [0.2, 0.25) is 0 Å². The van der Waals surface area contributed by atoms with Gasteiger partial charge in [0, 0.05) is 33.4 Å². The predicted molar refractivity (Wildman–Crippen MR) is 92.2 cm³/mol. The van der Waals surface area contributed by atoms with E-state index in [-0.39, 0.29) is 12.0 Å². The third kappa shape index (κ3) is 6.77. The maximum atomic E-state index is 10.2. The molecule has 0 fully saturated rings. The Kier molecular flexibility index (Phi) is 8.99. The van der Waals surface area contributed by atoms with Crippen molar-refractivity contribution in [3.05, 3.63) is 23.8 Å². The van der Waals surface area contributed by atoms with Crippen molar-refractivity contribution in [2.75, 3.05) is 41.0 Å². The minimum Gasteiger partial charge on any atom is -0.493 e. The van der Waals surface area contributed by atoms with Crippen molar-refractivity contribution in [2.45, 2.75) is 32.9 Å². The van der Waals surface area contributed by atoms with Crippen LogP contribution in [0.5, 0.6) is 11.5 Å². The van der Waals surface area contributed by atoms with Crippen molar-refractivity contribution in [3.63, 3.8) is 0 Å². The molecule has 5 nitrogen and oxygen atoms in total. The molecular weight excluding hydrogens is 294 g/mol. The number of rotatable bonds is 11. The van der Waals surface area contributed by atoms with Crippen molar-refractivity contribution in [1.82, 2.24) is 4.90 Å². The highest BCUT2D eigenvalue weighted by atomic mass is 16.5. The fraction of sp³-hybridized carbons (Fsp3) is 0.667. The molecule has 0 unspecified atom stereocenters. The first-order valence-corrected chi connectivity index (χ1v) is 8.12. The monoisotopic (exact) mass is 325 g/mol. The van der Waals surface area contributed by atoms with Gasteiger partial charge in [-0.05, 0) is 30.0 Å². The van der Waals surface area contributed by atoms with Crippen LogP contribution in [-0.2, 0) is 11.3 Å². The first-order chi connectivity index (χ1) is 11.0. The Labute approximate surface area is 140 Å². The van der Waals surface area contributed by atoms with E-state index in [1.165, 1.54) is 0 Å². The van der Waals surface area contributed by atoms with E-state index in [0.717, 1.165) is 43.2 Å². The van der Waals surface area contributed by atoms with E-state index in [9.17, 15) is 5.11 Å². The van der Waals surface area contributed by atoms with Crippen LogP contribution < -0.4 is 9.47 Å². The van der Waals surface area contributed by atoms with Crippen LogP contribution >= 0.6 is 0 Å². The van der Waals surface area contributed by atoms with Crippen LogP contribution in [0.15, 0.2) is 18.2 Å². The van der Waals surface area contributed by atoms with E-state index in [4.69, 9.17) is 14.2 Å². The van der Waals surface area contributed by atoms with E-state index in [1.807, 2.05) is 32.0 Å². The molecule has 0 amide bonds. The minimum atomic E-state index is -0.335. The molecule has 5 heteroatoms. The van der Waals surface area contributed by atoms with Gasteiger partial charge in [-0.15, -0.1) is 0 Å². The molecule has 0 saturated carbocycles. The molecule has 1 rings (SSSR count). The molecule has 132 valence electrons. The van der Waals surface area contributed by atoms with Crippen LogP contribution in [0.25, 0.3) is 0 Å². The number of benzene rings is 1. The number of aliphatic hydroxyl groups is 1. The van der Waals surface area contributed by atoms with Gasteiger partial charge in [-0.3, -0.25) is 4.90 Å². The first-order valence-electron chi connectivity index (χ1n) is 8.12. The molecular formula is C18H31NO4. The summed E-state index contributed by atoms with van der Waals surface area (Å²) in [5.41, 5.74) is 1.14. The van der Waals surface area contributed by atoms with Crippen molar-refractivity contribution >= 4 is 0 Å². The molecule has 0 aliphatic carbocycles. The average Bonchev–Trinajstić information content (AvgIpc) is 2.54. The maximum Gasteiger partial charge on any atom is 0.161 e. The van der Waals surface area contributed by atoms with Crippen molar-refractivity contribution in [3.8, 4) is 11.5 Å². The van der Waals surface area contributed by atoms with Gasteiger partial charge in [-0.1, -0.05) is 19.9 Å². The third-order valence-electron chi connectivity index (χ3n) is 3.89.